The molecule has 0 spiro atoms. The molecular formula is C11H13Cl2N3O2. The van der Waals surface area contributed by atoms with Gasteiger partial charge in [-0.15, -0.1) is 0 Å². The van der Waals surface area contributed by atoms with Gasteiger partial charge in [-0.2, -0.15) is 0 Å². The predicted octanol–water partition coefficient (Wildman–Crippen LogP) is 1.60. The van der Waals surface area contributed by atoms with E-state index in [9.17, 15) is 9.59 Å². The zero-order valence-electron chi connectivity index (χ0n) is 10.0. The summed E-state index contributed by atoms with van der Waals surface area (Å²) in [7, 11) is 1.52. The van der Waals surface area contributed by atoms with Gasteiger partial charge in [-0.05, 0) is 13.0 Å². The molecule has 5 nitrogen and oxygen atoms in total. The highest BCUT2D eigenvalue weighted by molar-refractivity contribution is 6.35. The summed E-state index contributed by atoms with van der Waals surface area (Å²) in [6, 6.07) is 1.38. The van der Waals surface area contributed by atoms with Gasteiger partial charge < -0.3 is 10.2 Å². The molecule has 1 aromatic heterocycles. The number of aromatic nitrogens is 1. The Labute approximate surface area is 115 Å². The molecule has 98 valence electrons. The van der Waals surface area contributed by atoms with Gasteiger partial charge in [0.1, 0.15) is 5.15 Å². The number of amides is 2. The number of carbonyl (C=O) groups excluding carboxylic acids is 2. The van der Waals surface area contributed by atoms with E-state index < -0.39 is 0 Å². The Morgan fingerprint density at radius 2 is 2.11 bits per heavy atom. The van der Waals surface area contributed by atoms with E-state index in [4.69, 9.17) is 23.2 Å². The fraction of sp³-hybridized carbons (Fsp3) is 0.364. The van der Waals surface area contributed by atoms with Gasteiger partial charge in [-0.1, -0.05) is 23.2 Å². The smallest absolute Gasteiger partial charge is 0.255 e. The van der Waals surface area contributed by atoms with E-state index in [-0.39, 0.29) is 34.1 Å². The van der Waals surface area contributed by atoms with E-state index in [2.05, 4.69) is 10.3 Å². The van der Waals surface area contributed by atoms with Crippen molar-refractivity contribution >= 4 is 35.0 Å². The van der Waals surface area contributed by atoms with Crippen molar-refractivity contribution in [1.29, 1.82) is 0 Å². The van der Waals surface area contributed by atoms with Gasteiger partial charge >= 0.3 is 0 Å². The van der Waals surface area contributed by atoms with Crippen LogP contribution in [0.15, 0.2) is 12.3 Å². The van der Waals surface area contributed by atoms with Crippen molar-refractivity contribution in [3.63, 3.8) is 0 Å². The van der Waals surface area contributed by atoms with Crippen LogP contribution in [0.4, 0.5) is 0 Å². The molecule has 1 heterocycles. The first-order valence-electron chi connectivity index (χ1n) is 5.29. The van der Waals surface area contributed by atoms with Crippen LogP contribution in [0.5, 0.6) is 0 Å². The van der Waals surface area contributed by atoms with Crippen molar-refractivity contribution in [2.75, 3.05) is 20.1 Å². The number of pyridine rings is 1. The number of carbonyl (C=O) groups is 2. The summed E-state index contributed by atoms with van der Waals surface area (Å²) in [4.78, 5) is 28.4. The van der Waals surface area contributed by atoms with Crippen LogP contribution in [-0.4, -0.2) is 41.8 Å². The highest BCUT2D eigenvalue weighted by Crippen LogP contribution is 2.19. The topological polar surface area (TPSA) is 62.3 Å². The second-order valence-corrected chi connectivity index (χ2v) is 4.40. The molecule has 0 bridgehead atoms. The van der Waals surface area contributed by atoms with Crippen LogP contribution < -0.4 is 5.32 Å². The lowest BCUT2D eigenvalue weighted by Crippen LogP contribution is -2.38. The molecule has 0 aromatic carbocycles. The van der Waals surface area contributed by atoms with Gasteiger partial charge in [0.2, 0.25) is 5.91 Å². The Hall–Kier alpha value is -1.33. The molecule has 18 heavy (non-hydrogen) atoms. The average Bonchev–Trinajstić information content (AvgIpc) is 2.31. The van der Waals surface area contributed by atoms with Crippen LogP contribution in [0.1, 0.15) is 17.3 Å². The fourth-order valence-electron chi connectivity index (χ4n) is 1.32. The molecule has 0 aliphatic rings. The molecule has 0 unspecified atom stereocenters. The maximum atomic E-state index is 12.0. The summed E-state index contributed by atoms with van der Waals surface area (Å²) < 4.78 is 0. The van der Waals surface area contributed by atoms with E-state index in [0.29, 0.717) is 6.54 Å². The first-order valence-corrected chi connectivity index (χ1v) is 6.04. The summed E-state index contributed by atoms with van der Waals surface area (Å²) in [5.74, 6) is -0.611. The third-order valence-electron chi connectivity index (χ3n) is 2.15. The van der Waals surface area contributed by atoms with Gasteiger partial charge in [0, 0.05) is 19.8 Å². The molecule has 0 saturated carbocycles. The average molecular weight is 290 g/mol. The van der Waals surface area contributed by atoms with Crippen LogP contribution in [0.3, 0.4) is 0 Å². The van der Waals surface area contributed by atoms with Crippen molar-refractivity contribution in [1.82, 2.24) is 15.2 Å². The van der Waals surface area contributed by atoms with Crippen molar-refractivity contribution in [2.45, 2.75) is 6.92 Å². The van der Waals surface area contributed by atoms with Gasteiger partial charge in [-0.25, -0.2) is 4.98 Å². The van der Waals surface area contributed by atoms with E-state index in [1.165, 1.54) is 24.2 Å². The largest absolute Gasteiger partial charge is 0.355 e. The second-order valence-electron chi connectivity index (χ2n) is 3.60. The zero-order valence-corrected chi connectivity index (χ0v) is 11.5. The normalized spacial score (nSPS) is 10.0. The Balaban J connectivity index is 2.80. The first-order chi connectivity index (χ1) is 8.45. The van der Waals surface area contributed by atoms with Gasteiger partial charge in [0.25, 0.3) is 5.91 Å². The quantitative estimate of drug-likeness (QED) is 0.857. The van der Waals surface area contributed by atoms with Crippen LogP contribution >= 0.6 is 23.2 Å². The SMILES string of the molecule is CCNC(=O)CN(C)C(=O)c1cc(Cl)ncc1Cl. The minimum atomic E-state index is -0.379. The standard InChI is InChI=1S/C11H13Cl2N3O2/c1-3-14-10(17)6-16(2)11(18)7-4-9(13)15-5-8(7)12/h4-5H,3,6H2,1-2H3,(H,14,17). The summed E-state index contributed by atoms with van der Waals surface area (Å²) in [6.45, 7) is 2.28. The summed E-state index contributed by atoms with van der Waals surface area (Å²) in [6.07, 6.45) is 1.30. The summed E-state index contributed by atoms with van der Waals surface area (Å²) >= 11 is 11.6. The minimum absolute atomic E-state index is 0.0387. The number of rotatable bonds is 4. The number of nitrogens with one attached hydrogen (secondary N) is 1. The lowest BCUT2D eigenvalue weighted by atomic mass is 10.2. The zero-order chi connectivity index (χ0) is 13.7. The summed E-state index contributed by atoms with van der Waals surface area (Å²) in [5, 5.41) is 2.98. The number of halogens is 2. The highest BCUT2D eigenvalue weighted by atomic mass is 35.5. The van der Waals surface area contributed by atoms with E-state index in [1.54, 1.807) is 6.92 Å². The molecule has 2 amide bonds. The highest BCUT2D eigenvalue weighted by Gasteiger charge is 2.18. The molecule has 0 fully saturated rings. The van der Waals surface area contributed by atoms with Crippen LogP contribution in [0, 0.1) is 0 Å². The molecule has 1 rings (SSSR count). The van der Waals surface area contributed by atoms with Crippen molar-refractivity contribution < 1.29 is 9.59 Å². The molecule has 0 saturated heterocycles. The second kappa shape index (κ2) is 6.56. The molecule has 1 aromatic rings. The minimum Gasteiger partial charge on any atom is -0.355 e. The molecule has 0 atom stereocenters. The third-order valence-corrected chi connectivity index (χ3v) is 2.66. The predicted molar refractivity (Wildman–Crippen MR) is 69.9 cm³/mol. The fourth-order valence-corrected chi connectivity index (χ4v) is 1.67. The van der Waals surface area contributed by atoms with Crippen molar-refractivity contribution in [2.24, 2.45) is 0 Å². The van der Waals surface area contributed by atoms with Gasteiger partial charge in [0.05, 0.1) is 17.1 Å². The van der Waals surface area contributed by atoms with Crippen LogP contribution in [0.25, 0.3) is 0 Å². The number of nitrogens with zero attached hydrogens (tertiary/aromatic N) is 2. The van der Waals surface area contributed by atoms with E-state index >= 15 is 0 Å². The van der Waals surface area contributed by atoms with Crippen LogP contribution in [0.2, 0.25) is 10.2 Å². The maximum absolute atomic E-state index is 12.0. The Bertz CT molecular complexity index is 466. The molecule has 0 radical (unpaired) electrons. The Kier molecular flexibility index (Phi) is 5.37. The number of likely N-dealkylation sites (N-methyl/N-ethyl adjacent to an activating group) is 2. The lowest BCUT2D eigenvalue weighted by Gasteiger charge is -2.17. The van der Waals surface area contributed by atoms with Gasteiger partial charge in [-0.3, -0.25) is 9.59 Å². The van der Waals surface area contributed by atoms with E-state index in [0.717, 1.165) is 0 Å². The summed E-state index contributed by atoms with van der Waals surface area (Å²) in [5.41, 5.74) is 0.225. The monoisotopic (exact) mass is 289 g/mol. The Morgan fingerprint density at radius 1 is 1.44 bits per heavy atom. The molecule has 0 aliphatic carbocycles. The number of hydrogen-bond acceptors (Lipinski definition) is 3. The van der Waals surface area contributed by atoms with Crippen molar-refractivity contribution in [3.8, 4) is 0 Å². The van der Waals surface area contributed by atoms with Gasteiger partial charge in [0.15, 0.2) is 0 Å². The lowest BCUT2D eigenvalue weighted by molar-refractivity contribution is -0.121. The molecule has 7 heteroatoms. The number of hydrogen-bond donors (Lipinski definition) is 1. The first kappa shape index (κ1) is 14.7. The molecule has 1 N–H and O–H groups in total. The maximum Gasteiger partial charge on any atom is 0.255 e. The van der Waals surface area contributed by atoms with Crippen molar-refractivity contribution in [3.05, 3.63) is 28.0 Å². The van der Waals surface area contributed by atoms with E-state index in [1.807, 2.05) is 0 Å². The molecular weight excluding hydrogens is 277 g/mol. The molecule has 0 aliphatic heterocycles. The third kappa shape index (κ3) is 3.85. The Morgan fingerprint density at radius 3 is 2.72 bits per heavy atom. The van der Waals surface area contributed by atoms with Crippen LogP contribution in [-0.2, 0) is 4.79 Å².